The summed E-state index contributed by atoms with van der Waals surface area (Å²) in [6.45, 7) is 6.38. The molecule has 0 aromatic carbocycles. The molecule has 0 rings (SSSR count). The molecule has 0 heterocycles. The fourth-order valence-electron chi connectivity index (χ4n) is 0.0911. The van der Waals surface area contributed by atoms with E-state index in [0.717, 1.165) is 0 Å². The fourth-order valence-corrected chi connectivity index (χ4v) is 0.0911. The first-order valence-corrected chi connectivity index (χ1v) is 1.54. The van der Waals surface area contributed by atoms with Crippen molar-refractivity contribution < 1.29 is 0 Å². The summed E-state index contributed by atoms with van der Waals surface area (Å²) in [4.78, 5) is 2.98. The Kier molecular flexibility index (Phi) is 3.27. The Morgan fingerprint density at radius 3 is 2.83 bits per heavy atom. The minimum Gasteiger partial charge on any atom is -0.0671 e. The third kappa shape index (κ3) is 2.96. The Labute approximate surface area is 36.5 Å². The second-order valence-corrected chi connectivity index (χ2v) is 0.616. The minimum absolute atomic E-state index is 1.55. The van der Waals surface area contributed by atoms with Crippen molar-refractivity contribution in [1.82, 2.24) is 5.53 Å². The minimum atomic E-state index is 1.55. The molecule has 32 valence electrons. The average molecular weight is 84.1 g/mol. The van der Waals surface area contributed by atoms with Gasteiger partial charge in [0.05, 0.1) is 0 Å². The maximum absolute atomic E-state index is 4.61. The smallest absolute Gasteiger partial charge is 0.0671 e. The van der Waals surface area contributed by atoms with Gasteiger partial charge in [-0.15, -0.1) is 0 Å². The van der Waals surface area contributed by atoms with Crippen LogP contribution in [0.4, 0.5) is 0 Å². The van der Waals surface area contributed by atoms with Gasteiger partial charge in [0, 0.05) is 10.6 Å². The van der Waals surface area contributed by atoms with Crippen LogP contribution in [-0.2, 0) is 0 Å². The standard InChI is InChI=1S/C3H6N3/c1-3-5-6-4-2/h2-3,6H,1H3/q+1. The zero-order chi connectivity index (χ0) is 4.83. The van der Waals surface area contributed by atoms with Crippen LogP contribution in [0.5, 0.6) is 0 Å². The summed E-state index contributed by atoms with van der Waals surface area (Å²) >= 11 is 0. The molecular weight excluding hydrogens is 78.1 g/mol. The summed E-state index contributed by atoms with van der Waals surface area (Å²) in [6.07, 6.45) is 1.55. The molecule has 0 atom stereocenters. The van der Waals surface area contributed by atoms with E-state index < -0.39 is 0 Å². The molecule has 0 bridgehead atoms. The number of hydrogen-bond acceptors (Lipinski definition) is 2. The van der Waals surface area contributed by atoms with Crippen LogP contribution in [0, 0.1) is 6.57 Å². The van der Waals surface area contributed by atoms with Crippen LogP contribution < -0.4 is 5.53 Å². The lowest BCUT2D eigenvalue weighted by molar-refractivity contribution is 0.971. The van der Waals surface area contributed by atoms with Crippen molar-refractivity contribution in [3.63, 3.8) is 0 Å². The van der Waals surface area contributed by atoms with E-state index in [1.165, 1.54) is 0 Å². The fraction of sp³-hybridized carbons (Fsp3) is 0.333. The SMILES string of the molecule is C#[N+]NN=CC. The molecule has 0 aromatic rings. The number of hydrogen-bond donors (Lipinski definition) is 1. The van der Waals surface area contributed by atoms with Crippen molar-refractivity contribution in [3.05, 3.63) is 4.95 Å². The van der Waals surface area contributed by atoms with Crippen molar-refractivity contribution >= 4 is 6.21 Å². The number of nitrogens with zero attached hydrogens (tertiary/aromatic N) is 2. The zero-order valence-corrected chi connectivity index (χ0v) is 3.55. The summed E-state index contributed by atoms with van der Waals surface area (Å²) in [6, 6.07) is 0. The molecule has 0 aliphatic heterocycles. The average Bonchev–Trinajstić information content (AvgIpc) is 1.61. The number of rotatable bonds is 1. The lowest BCUT2D eigenvalue weighted by Crippen LogP contribution is -1.85. The molecule has 3 heteroatoms. The van der Waals surface area contributed by atoms with Gasteiger partial charge < -0.3 is 0 Å². The highest BCUT2D eigenvalue weighted by atomic mass is 15.5. The van der Waals surface area contributed by atoms with Crippen LogP contribution in [0.1, 0.15) is 6.92 Å². The largest absolute Gasteiger partial charge is 0.172 e. The molecule has 6 heavy (non-hydrogen) atoms. The van der Waals surface area contributed by atoms with E-state index in [0.29, 0.717) is 0 Å². The summed E-state index contributed by atoms with van der Waals surface area (Å²) < 4.78 is 0. The van der Waals surface area contributed by atoms with Gasteiger partial charge >= 0.3 is 0 Å². The van der Waals surface area contributed by atoms with Crippen molar-refractivity contribution in [2.45, 2.75) is 6.92 Å². The van der Waals surface area contributed by atoms with E-state index in [9.17, 15) is 0 Å². The van der Waals surface area contributed by atoms with Gasteiger partial charge in [0.25, 0.3) is 0 Å². The maximum Gasteiger partial charge on any atom is 0.172 e. The molecule has 0 saturated carbocycles. The predicted octanol–water partition coefficient (Wildman–Crippen LogP) is 0.459. The normalized spacial score (nSPS) is 8.00. The van der Waals surface area contributed by atoms with Crippen LogP contribution in [-0.4, -0.2) is 6.21 Å². The quantitative estimate of drug-likeness (QED) is 0.363. The van der Waals surface area contributed by atoms with E-state index in [1.807, 2.05) is 0 Å². The van der Waals surface area contributed by atoms with Gasteiger partial charge in [0.15, 0.2) is 6.57 Å². The monoisotopic (exact) mass is 84.1 g/mol. The lowest BCUT2D eigenvalue weighted by Gasteiger charge is -1.58. The zero-order valence-electron chi connectivity index (χ0n) is 3.55. The van der Waals surface area contributed by atoms with E-state index >= 15 is 0 Å². The summed E-state index contributed by atoms with van der Waals surface area (Å²) in [5, 5.41) is 3.42. The van der Waals surface area contributed by atoms with Crippen LogP contribution in [0.3, 0.4) is 0 Å². The van der Waals surface area contributed by atoms with Gasteiger partial charge in [-0.2, -0.15) is 0 Å². The molecule has 0 aromatic heterocycles. The molecule has 0 radical (unpaired) electrons. The molecule has 1 N–H and O–H groups in total. The van der Waals surface area contributed by atoms with Crippen LogP contribution in [0.15, 0.2) is 5.10 Å². The Morgan fingerprint density at radius 2 is 2.67 bits per heavy atom. The maximum atomic E-state index is 4.61. The predicted molar refractivity (Wildman–Crippen MR) is 25.6 cm³/mol. The van der Waals surface area contributed by atoms with Crippen molar-refractivity contribution in [1.29, 1.82) is 0 Å². The highest BCUT2D eigenvalue weighted by molar-refractivity contribution is 5.52. The molecule has 0 spiro atoms. The Bertz CT molecular complexity index is 78.5. The Balaban J connectivity index is 2.92. The van der Waals surface area contributed by atoms with Gasteiger partial charge in [-0.05, 0) is 6.92 Å². The lowest BCUT2D eigenvalue weighted by atomic mass is 10.9. The second kappa shape index (κ2) is 3.96. The summed E-state index contributed by atoms with van der Waals surface area (Å²) in [7, 11) is 0. The van der Waals surface area contributed by atoms with E-state index in [-0.39, 0.29) is 0 Å². The third-order valence-corrected chi connectivity index (χ3v) is 0.245. The van der Waals surface area contributed by atoms with Crippen molar-refractivity contribution in [2.75, 3.05) is 0 Å². The van der Waals surface area contributed by atoms with Gasteiger partial charge in [-0.3, -0.25) is 0 Å². The molecule has 0 aliphatic carbocycles. The van der Waals surface area contributed by atoms with E-state index in [2.05, 4.69) is 22.2 Å². The first kappa shape index (κ1) is 4.96. The third-order valence-electron chi connectivity index (χ3n) is 0.245. The molecule has 0 fully saturated rings. The topological polar surface area (TPSA) is 28.8 Å². The Hall–Kier alpha value is -1.04. The molecular formula is C3H6N3+. The van der Waals surface area contributed by atoms with Crippen LogP contribution >= 0.6 is 0 Å². The molecule has 0 aliphatic rings. The van der Waals surface area contributed by atoms with E-state index in [1.54, 1.807) is 13.1 Å². The number of nitrogens with one attached hydrogen (secondary N) is 1. The first-order chi connectivity index (χ1) is 2.91. The van der Waals surface area contributed by atoms with Gasteiger partial charge in [-0.25, -0.2) is 0 Å². The Morgan fingerprint density at radius 1 is 2.00 bits per heavy atom. The highest BCUT2D eigenvalue weighted by Gasteiger charge is 1.65. The van der Waals surface area contributed by atoms with Gasteiger partial charge in [0.2, 0.25) is 0 Å². The van der Waals surface area contributed by atoms with E-state index in [4.69, 9.17) is 0 Å². The van der Waals surface area contributed by atoms with Crippen molar-refractivity contribution in [2.24, 2.45) is 5.10 Å². The second-order valence-electron chi connectivity index (χ2n) is 0.616. The molecule has 0 unspecified atom stereocenters. The molecule has 0 amide bonds. The van der Waals surface area contributed by atoms with Crippen molar-refractivity contribution in [3.8, 4) is 6.57 Å². The molecule has 0 saturated heterocycles. The highest BCUT2D eigenvalue weighted by Crippen LogP contribution is 1.50. The van der Waals surface area contributed by atoms with Crippen LogP contribution in [0.25, 0.3) is 4.95 Å². The number of hydrazone groups is 1. The summed E-state index contributed by atoms with van der Waals surface area (Å²) in [5.74, 6) is 0. The first-order valence-electron chi connectivity index (χ1n) is 1.54. The van der Waals surface area contributed by atoms with Gasteiger partial charge in [0.1, 0.15) is 6.21 Å². The molecule has 3 nitrogen and oxygen atoms in total. The summed E-state index contributed by atoms with van der Waals surface area (Å²) in [5.41, 5.74) is 2.17. The van der Waals surface area contributed by atoms with Gasteiger partial charge in [-0.1, -0.05) is 4.95 Å². The van der Waals surface area contributed by atoms with Crippen LogP contribution in [0.2, 0.25) is 0 Å².